The van der Waals surface area contributed by atoms with E-state index in [0.717, 1.165) is 0 Å². The van der Waals surface area contributed by atoms with Gasteiger partial charge in [-0.25, -0.2) is 0 Å². The number of aryl methyl sites for hydroxylation is 2. The molecule has 0 unspecified atom stereocenters. The molecule has 0 aliphatic carbocycles. The van der Waals surface area contributed by atoms with Gasteiger partial charge in [0.05, 0.1) is 0 Å². The Bertz CT molecular complexity index is 200. The summed E-state index contributed by atoms with van der Waals surface area (Å²) in [6.07, 6.45) is 5.34. The van der Waals surface area contributed by atoms with Crippen LogP contribution in [0.5, 0.6) is 0 Å². The average molecular weight is 168 g/mol. The molecule has 0 aliphatic rings. The first kappa shape index (κ1) is 8.79. The van der Waals surface area contributed by atoms with Crippen LogP contribution in [0.15, 0.2) is 11.4 Å². The van der Waals surface area contributed by atoms with Gasteiger partial charge in [-0.15, -0.1) is 11.3 Å². The standard InChI is InChI=1S/C10H16S/c1-3-4-5-6-10-9(2)7-8-11-10/h7-8H,3-6H2,1-2H3. The van der Waals surface area contributed by atoms with Crippen LogP contribution in [0, 0.1) is 6.92 Å². The van der Waals surface area contributed by atoms with Crippen molar-refractivity contribution in [2.75, 3.05) is 0 Å². The van der Waals surface area contributed by atoms with E-state index in [0.29, 0.717) is 0 Å². The Balaban J connectivity index is 2.32. The van der Waals surface area contributed by atoms with E-state index in [9.17, 15) is 0 Å². The van der Waals surface area contributed by atoms with Crippen molar-refractivity contribution in [1.29, 1.82) is 0 Å². The van der Waals surface area contributed by atoms with E-state index < -0.39 is 0 Å². The summed E-state index contributed by atoms with van der Waals surface area (Å²) in [6, 6.07) is 2.21. The van der Waals surface area contributed by atoms with Crippen LogP contribution < -0.4 is 0 Å². The van der Waals surface area contributed by atoms with Crippen LogP contribution >= 0.6 is 11.3 Å². The number of thiophene rings is 1. The molecule has 0 saturated carbocycles. The van der Waals surface area contributed by atoms with Crippen molar-refractivity contribution in [2.24, 2.45) is 0 Å². The number of rotatable bonds is 4. The maximum Gasteiger partial charge on any atom is 0.00743 e. The quantitative estimate of drug-likeness (QED) is 0.600. The highest BCUT2D eigenvalue weighted by molar-refractivity contribution is 7.10. The minimum atomic E-state index is 1.29. The fourth-order valence-corrected chi connectivity index (χ4v) is 2.15. The van der Waals surface area contributed by atoms with Crippen molar-refractivity contribution in [1.82, 2.24) is 0 Å². The fourth-order valence-electron chi connectivity index (χ4n) is 1.20. The second kappa shape index (κ2) is 4.55. The van der Waals surface area contributed by atoms with E-state index in [1.54, 1.807) is 4.88 Å². The van der Waals surface area contributed by atoms with E-state index in [4.69, 9.17) is 0 Å². The second-order valence-electron chi connectivity index (χ2n) is 2.98. The van der Waals surface area contributed by atoms with Gasteiger partial charge in [-0.2, -0.15) is 0 Å². The smallest absolute Gasteiger partial charge is 0.00743 e. The Morgan fingerprint density at radius 2 is 2.18 bits per heavy atom. The van der Waals surface area contributed by atoms with Gasteiger partial charge in [0, 0.05) is 4.88 Å². The first-order chi connectivity index (χ1) is 5.34. The molecule has 1 heteroatoms. The monoisotopic (exact) mass is 168 g/mol. The third-order valence-corrected chi connectivity index (χ3v) is 3.06. The third kappa shape index (κ3) is 2.66. The van der Waals surface area contributed by atoms with Gasteiger partial charge in [0.1, 0.15) is 0 Å². The van der Waals surface area contributed by atoms with Crippen molar-refractivity contribution in [3.63, 3.8) is 0 Å². The molecule has 0 saturated heterocycles. The van der Waals surface area contributed by atoms with Gasteiger partial charge in [-0.05, 0) is 36.8 Å². The van der Waals surface area contributed by atoms with Crippen molar-refractivity contribution in [2.45, 2.75) is 39.5 Å². The molecule has 62 valence electrons. The lowest BCUT2D eigenvalue weighted by atomic mass is 10.1. The molecular weight excluding hydrogens is 152 g/mol. The van der Waals surface area contributed by atoms with E-state index in [-0.39, 0.29) is 0 Å². The summed E-state index contributed by atoms with van der Waals surface area (Å²) < 4.78 is 0. The molecule has 0 aromatic carbocycles. The van der Waals surface area contributed by atoms with Crippen LogP contribution in [-0.4, -0.2) is 0 Å². The molecule has 0 spiro atoms. The lowest BCUT2D eigenvalue weighted by Gasteiger charge is -1.97. The number of hydrogen-bond acceptors (Lipinski definition) is 1. The van der Waals surface area contributed by atoms with E-state index in [1.165, 1.54) is 31.2 Å². The largest absolute Gasteiger partial charge is 0.149 e. The second-order valence-corrected chi connectivity index (χ2v) is 3.98. The molecule has 0 atom stereocenters. The van der Waals surface area contributed by atoms with E-state index in [2.05, 4.69) is 25.3 Å². The predicted molar refractivity (Wildman–Crippen MR) is 52.3 cm³/mol. The van der Waals surface area contributed by atoms with E-state index in [1.807, 2.05) is 11.3 Å². The summed E-state index contributed by atoms with van der Waals surface area (Å²) in [5, 5.41) is 2.19. The first-order valence-electron chi connectivity index (χ1n) is 4.37. The van der Waals surface area contributed by atoms with Gasteiger partial charge >= 0.3 is 0 Å². The zero-order chi connectivity index (χ0) is 8.10. The Kier molecular flexibility index (Phi) is 3.64. The molecule has 0 bridgehead atoms. The highest BCUT2D eigenvalue weighted by Crippen LogP contribution is 2.18. The summed E-state index contributed by atoms with van der Waals surface area (Å²) in [7, 11) is 0. The molecular formula is C10H16S. The van der Waals surface area contributed by atoms with E-state index >= 15 is 0 Å². The summed E-state index contributed by atoms with van der Waals surface area (Å²) >= 11 is 1.90. The Labute approximate surface area is 73.3 Å². The van der Waals surface area contributed by atoms with Crippen LogP contribution in [0.3, 0.4) is 0 Å². The maximum atomic E-state index is 2.25. The zero-order valence-electron chi connectivity index (χ0n) is 7.39. The minimum absolute atomic E-state index is 1.29. The molecule has 0 fully saturated rings. The lowest BCUT2D eigenvalue weighted by molar-refractivity contribution is 0.721. The number of hydrogen-bond donors (Lipinski definition) is 0. The molecule has 0 aliphatic heterocycles. The van der Waals surface area contributed by atoms with Crippen molar-refractivity contribution in [3.05, 3.63) is 21.9 Å². The molecule has 1 aromatic rings. The molecule has 0 radical (unpaired) electrons. The third-order valence-electron chi connectivity index (χ3n) is 1.98. The number of unbranched alkanes of at least 4 members (excludes halogenated alkanes) is 2. The van der Waals surface area contributed by atoms with Gasteiger partial charge in [0.15, 0.2) is 0 Å². The fraction of sp³-hybridized carbons (Fsp3) is 0.600. The Morgan fingerprint density at radius 3 is 2.73 bits per heavy atom. The van der Waals surface area contributed by atoms with Gasteiger partial charge < -0.3 is 0 Å². The van der Waals surface area contributed by atoms with Crippen LogP contribution in [0.2, 0.25) is 0 Å². The van der Waals surface area contributed by atoms with Gasteiger partial charge in [0.25, 0.3) is 0 Å². The first-order valence-corrected chi connectivity index (χ1v) is 5.25. The predicted octanol–water partition coefficient (Wildman–Crippen LogP) is 3.79. The SMILES string of the molecule is CCCCCc1sccc1C. The summed E-state index contributed by atoms with van der Waals surface area (Å²) in [6.45, 7) is 4.46. The molecule has 1 rings (SSSR count). The van der Waals surface area contributed by atoms with Gasteiger partial charge in [-0.1, -0.05) is 19.8 Å². The molecule has 1 heterocycles. The summed E-state index contributed by atoms with van der Waals surface area (Å²) in [4.78, 5) is 1.58. The lowest BCUT2D eigenvalue weighted by Crippen LogP contribution is -1.82. The van der Waals surface area contributed by atoms with Crippen LogP contribution in [-0.2, 0) is 6.42 Å². The van der Waals surface area contributed by atoms with Crippen LogP contribution in [0.25, 0.3) is 0 Å². The minimum Gasteiger partial charge on any atom is -0.149 e. The molecule has 0 N–H and O–H groups in total. The summed E-state index contributed by atoms with van der Waals surface area (Å²) in [5.41, 5.74) is 1.48. The van der Waals surface area contributed by atoms with Gasteiger partial charge in [0.2, 0.25) is 0 Å². The molecule has 11 heavy (non-hydrogen) atoms. The highest BCUT2D eigenvalue weighted by atomic mass is 32.1. The Morgan fingerprint density at radius 1 is 1.36 bits per heavy atom. The van der Waals surface area contributed by atoms with Crippen molar-refractivity contribution in [3.8, 4) is 0 Å². The van der Waals surface area contributed by atoms with Crippen molar-refractivity contribution < 1.29 is 0 Å². The van der Waals surface area contributed by atoms with Crippen LogP contribution in [0.4, 0.5) is 0 Å². The topological polar surface area (TPSA) is 0 Å². The average Bonchev–Trinajstić information content (AvgIpc) is 2.37. The van der Waals surface area contributed by atoms with Crippen LogP contribution in [0.1, 0.15) is 36.6 Å². The molecule has 0 nitrogen and oxygen atoms in total. The van der Waals surface area contributed by atoms with Crippen molar-refractivity contribution >= 4 is 11.3 Å². The highest BCUT2D eigenvalue weighted by Gasteiger charge is 1.97. The molecule has 1 aromatic heterocycles. The van der Waals surface area contributed by atoms with Gasteiger partial charge in [-0.3, -0.25) is 0 Å². The molecule has 0 amide bonds. The Hall–Kier alpha value is -0.300. The zero-order valence-corrected chi connectivity index (χ0v) is 8.21. The summed E-state index contributed by atoms with van der Waals surface area (Å²) in [5.74, 6) is 0. The normalized spacial score (nSPS) is 10.4. The maximum absolute atomic E-state index is 2.25.